The summed E-state index contributed by atoms with van der Waals surface area (Å²) in [5.74, 6) is 0. The molecule has 0 saturated heterocycles. The van der Waals surface area contributed by atoms with E-state index in [1.54, 1.807) is 18.5 Å². The molecule has 0 N–H and O–H groups in total. The van der Waals surface area contributed by atoms with Gasteiger partial charge in [0.15, 0.2) is 0 Å². The predicted octanol–water partition coefficient (Wildman–Crippen LogP) is 1.50. The van der Waals surface area contributed by atoms with Gasteiger partial charge in [-0.1, -0.05) is 12.4 Å². The van der Waals surface area contributed by atoms with Crippen molar-refractivity contribution < 1.29 is 21.1 Å². The van der Waals surface area contributed by atoms with Gasteiger partial charge in [0.1, 0.15) is 0 Å². The standard InChI is InChI=1S/C4H3N2.C3H7.W/c1-2-5-4-6-3-1;1-3-2;/h1-3H;3H,1-2H3;/q2*-1;+2. The molecule has 0 fully saturated rings. The van der Waals surface area contributed by atoms with E-state index in [1.807, 2.05) is 20.3 Å². The van der Waals surface area contributed by atoms with E-state index in [0.717, 1.165) is 0 Å². The summed E-state index contributed by atoms with van der Waals surface area (Å²) in [5, 5.41) is 0. The monoisotopic (exact) mass is 306 g/mol. The third-order valence-electron chi connectivity index (χ3n) is 0.437. The predicted molar refractivity (Wildman–Crippen MR) is 36.5 cm³/mol. The summed E-state index contributed by atoms with van der Waals surface area (Å²) in [6.07, 6.45) is 7.66. The first kappa shape index (κ1) is 12.4. The molecule has 3 heteroatoms. The first-order valence-electron chi connectivity index (χ1n) is 2.78. The van der Waals surface area contributed by atoms with Gasteiger partial charge in [-0.3, -0.25) is 0 Å². The molecule has 0 aliphatic heterocycles. The van der Waals surface area contributed by atoms with Gasteiger partial charge in [0, 0.05) is 6.33 Å². The van der Waals surface area contributed by atoms with Gasteiger partial charge in [0.25, 0.3) is 0 Å². The van der Waals surface area contributed by atoms with E-state index >= 15 is 0 Å². The molecule has 1 aromatic rings. The Bertz CT molecular complexity index is 94.5. The Kier molecular flexibility index (Phi) is 14.4. The van der Waals surface area contributed by atoms with Crippen molar-refractivity contribution >= 4 is 0 Å². The Labute approximate surface area is 76.4 Å². The molecular weight excluding hydrogens is 296 g/mol. The molecule has 0 radical (unpaired) electrons. The molecule has 1 rings (SSSR count). The van der Waals surface area contributed by atoms with E-state index in [4.69, 9.17) is 0 Å². The van der Waals surface area contributed by atoms with Crippen molar-refractivity contribution in [1.82, 2.24) is 9.97 Å². The first-order valence-corrected chi connectivity index (χ1v) is 2.78. The molecule has 0 unspecified atom stereocenters. The van der Waals surface area contributed by atoms with Crippen molar-refractivity contribution in [2.75, 3.05) is 0 Å². The summed E-state index contributed by atoms with van der Waals surface area (Å²) in [6.45, 7) is 4.00. The molecule has 1 heterocycles. The van der Waals surface area contributed by atoms with E-state index in [2.05, 4.69) is 16.3 Å². The summed E-state index contributed by atoms with van der Waals surface area (Å²) < 4.78 is 0. The maximum absolute atomic E-state index is 3.55. The van der Waals surface area contributed by atoms with Crippen LogP contribution in [-0.2, 0) is 21.1 Å². The second-order valence-corrected chi connectivity index (χ2v) is 1.43. The zero-order valence-electron chi connectivity index (χ0n) is 6.11. The van der Waals surface area contributed by atoms with Gasteiger partial charge in [0.2, 0.25) is 0 Å². The SMILES string of the molecule is C[CH-]C.[W+2].[c-]1ncccn1. The Hall–Kier alpha value is -0.232. The molecule has 1 aromatic heterocycles. The van der Waals surface area contributed by atoms with Gasteiger partial charge >= 0.3 is 21.1 Å². The van der Waals surface area contributed by atoms with Crippen molar-refractivity contribution in [3.8, 4) is 0 Å². The molecule has 10 heavy (non-hydrogen) atoms. The maximum Gasteiger partial charge on any atom is 2.00 e. The minimum atomic E-state index is 0. The molecule has 0 aromatic carbocycles. The van der Waals surface area contributed by atoms with Crippen LogP contribution in [0.2, 0.25) is 0 Å². The van der Waals surface area contributed by atoms with Gasteiger partial charge in [-0.05, 0) is 0 Å². The van der Waals surface area contributed by atoms with Gasteiger partial charge < -0.3 is 16.4 Å². The molecule has 0 saturated carbocycles. The second kappa shape index (κ2) is 11.6. The summed E-state index contributed by atoms with van der Waals surface area (Å²) >= 11 is 0. The minimum absolute atomic E-state index is 0. The van der Waals surface area contributed by atoms with Crippen LogP contribution in [0.15, 0.2) is 18.5 Å². The molecule has 0 bridgehead atoms. The van der Waals surface area contributed by atoms with Crippen LogP contribution in [0.3, 0.4) is 0 Å². The number of hydrogen-bond acceptors (Lipinski definition) is 2. The van der Waals surface area contributed by atoms with Crippen molar-refractivity contribution in [2.24, 2.45) is 0 Å². The molecule has 0 aliphatic carbocycles. The molecule has 0 aliphatic rings. The summed E-state index contributed by atoms with van der Waals surface area (Å²) in [5.41, 5.74) is 0. The topological polar surface area (TPSA) is 25.8 Å². The number of aromatic nitrogens is 2. The molecule has 2 nitrogen and oxygen atoms in total. The minimum Gasteiger partial charge on any atom is -0.374 e. The van der Waals surface area contributed by atoms with Crippen LogP contribution in [0.5, 0.6) is 0 Å². The van der Waals surface area contributed by atoms with E-state index in [-0.39, 0.29) is 21.1 Å². The van der Waals surface area contributed by atoms with Crippen LogP contribution < -0.4 is 0 Å². The van der Waals surface area contributed by atoms with E-state index < -0.39 is 0 Å². The van der Waals surface area contributed by atoms with Crippen molar-refractivity contribution in [3.05, 3.63) is 31.2 Å². The molecule has 54 valence electrons. The maximum atomic E-state index is 3.55. The smallest absolute Gasteiger partial charge is 0.374 e. The van der Waals surface area contributed by atoms with Crippen LogP contribution in [0, 0.1) is 12.7 Å². The Balaban J connectivity index is 0. The van der Waals surface area contributed by atoms with E-state index in [0.29, 0.717) is 0 Å². The molecule has 0 spiro atoms. The van der Waals surface area contributed by atoms with E-state index in [9.17, 15) is 0 Å². The van der Waals surface area contributed by atoms with Crippen LogP contribution in [-0.4, -0.2) is 9.97 Å². The summed E-state index contributed by atoms with van der Waals surface area (Å²) in [6, 6.07) is 1.75. The average Bonchev–Trinajstić information content (AvgIpc) is 1.93. The molecule has 0 amide bonds. The van der Waals surface area contributed by atoms with Gasteiger partial charge in [0.05, 0.1) is 0 Å². The molecule has 0 atom stereocenters. The zero-order chi connectivity index (χ0) is 6.95. The van der Waals surface area contributed by atoms with Crippen molar-refractivity contribution in [3.63, 3.8) is 0 Å². The third-order valence-corrected chi connectivity index (χ3v) is 0.437. The Morgan fingerprint density at radius 3 is 1.70 bits per heavy atom. The fourth-order valence-electron chi connectivity index (χ4n) is 0.225. The van der Waals surface area contributed by atoms with Crippen LogP contribution in [0.1, 0.15) is 13.8 Å². The van der Waals surface area contributed by atoms with Crippen molar-refractivity contribution in [1.29, 1.82) is 0 Å². The molecular formula is C7H10N2W. The largest absolute Gasteiger partial charge is 2.00 e. The first-order chi connectivity index (χ1) is 4.41. The Morgan fingerprint density at radius 1 is 1.20 bits per heavy atom. The fourth-order valence-corrected chi connectivity index (χ4v) is 0.225. The summed E-state index contributed by atoms with van der Waals surface area (Å²) in [4.78, 5) is 7.10. The normalized spacial score (nSPS) is 6.60. The Morgan fingerprint density at radius 2 is 1.60 bits per heavy atom. The van der Waals surface area contributed by atoms with E-state index in [1.165, 1.54) is 0 Å². The number of nitrogens with zero attached hydrogens (tertiary/aromatic N) is 2. The number of rotatable bonds is 0. The fraction of sp³-hybridized carbons (Fsp3) is 0.286. The van der Waals surface area contributed by atoms with Crippen LogP contribution in [0.25, 0.3) is 0 Å². The van der Waals surface area contributed by atoms with Crippen molar-refractivity contribution in [2.45, 2.75) is 13.8 Å². The van der Waals surface area contributed by atoms with Crippen LogP contribution in [0.4, 0.5) is 0 Å². The summed E-state index contributed by atoms with van der Waals surface area (Å²) in [7, 11) is 0. The van der Waals surface area contributed by atoms with Gasteiger partial charge in [-0.2, -0.15) is 13.8 Å². The number of hydrogen-bond donors (Lipinski definition) is 0. The second-order valence-electron chi connectivity index (χ2n) is 1.43. The average molecular weight is 306 g/mol. The quantitative estimate of drug-likeness (QED) is 0.679. The van der Waals surface area contributed by atoms with Gasteiger partial charge in [-0.15, -0.1) is 6.07 Å². The van der Waals surface area contributed by atoms with Crippen LogP contribution >= 0.6 is 0 Å². The zero-order valence-corrected chi connectivity index (χ0v) is 9.05. The third kappa shape index (κ3) is 10.7. The van der Waals surface area contributed by atoms with Gasteiger partial charge in [-0.25, -0.2) is 0 Å².